The van der Waals surface area contributed by atoms with Crippen LogP contribution in [0.2, 0.25) is 0 Å². The average molecular weight is 593 g/mol. The molecule has 2 aromatic heterocycles. The lowest BCUT2D eigenvalue weighted by Crippen LogP contribution is -2.38. The molecule has 0 saturated carbocycles. The Morgan fingerprint density at radius 2 is 1.64 bits per heavy atom. The van der Waals surface area contributed by atoms with Crippen molar-refractivity contribution in [3.8, 4) is 11.3 Å². The Morgan fingerprint density at radius 3 is 2.36 bits per heavy atom. The minimum Gasteiger partial charge on any atom is -0.354 e. The first-order chi connectivity index (χ1) is 19.9. The highest BCUT2D eigenvalue weighted by Gasteiger charge is 2.32. The van der Waals surface area contributed by atoms with Gasteiger partial charge >= 0.3 is 18.4 Å². The number of carbonyl (C=O) groups is 1. The van der Waals surface area contributed by atoms with Gasteiger partial charge in [-0.3, -0.25) is 0 Å². The van der Waals surface area contributed by atoms with Crippen molar-refractivity contribution in [2.24, 2.45) is 0 Å². The topological polar surface area (TPSA) is 87.4 Å². The number of nitrogens with one attached hydrogen (secondary N) is 1. The largest absolute Gasteiger partial charge is 0.416 e. The SMILES string of the molecule is CCCc1nc(N2CCCN(C(=O)Nc3cccc(C(F)(F)F)c3)CC2)c2c(-c3cccc(C(F)(F)F)c3)noc2n1. The van der Waals surface area contributed by atoms with E-state index < -0.39 is 29.5 Å². The van der Waals surface area contributed by atoms with Crippen LogP contribution in [-0.4, -0.2) is 52.2 Å². The summed E-state index contributed by atoms with van der Waals surface area (Å²) in [5, 5.41) is 6.95. The van der Waals surface area contributed by atoms with E-state index in [9.17, 15) is 31.1 Å². The molecule has 222 valence electrons. The van der Waals surface area contributed by atoms with Gasteiger partial charge in [0.2, 0.25) is 0 Å². The van der Waals surface area contributed by atoms with E-state index >= 15 is 0 Å². The number of rotatable bonds is 5. The zero-order valence-electron chi connectivity index (χ0n) is 22.4. The molecule has 14 heteroatoms. The molecule has 5 rings (SSSR count). The maximum atomic E-state index is 13.4. The normalized spacial score (nSPS) is 14.7. The lowest BCUT2D eigenvalue weighted by Gasteiger charge is -2.24. The van der Waals surface area contributed by atoms with Crippen LogP contribution in [0.4, 0.5) is 42.6 Å². The highest BCUT2D eigenvalue weighted by Crippen LogP contribution is 2.37. The minimum absolute atomic E-state index is 0.0212. The number of hydrogen-bond donors (Lipinski definition) is 1. The summed E-state index contributed by atoms with van der Waals surface area (Å²) in [6, 6.07) is 8.59. The molecule has 42 heavy (non-hydrogen) atoms. The first-order valence-electron chi connectivity index (χ1n) is 13.3. The van der Waals surface area contributed by atoms with Crippen LogP contribution in [0.15, 0.2) is 53.1 Å². The van der Waals surface area contributed by atoms with E-state index in [0.29, 0.717) is 49.5 Å². The van der Waals surface area contributed by atoms with Crippen LogP contribution in [0, 0.1) is 0 Å². The fourth-order valence-electron chi connectivity index (χ4n) is 4.79. The number of fused-ring (bicyclic) bond motifs is 1. The molecule has 2 amide bonds. The fourth-order valence-corrected chi connectivity index (χ4v) is 4.79. The van der Waals surface area contributed by atoms with Crippen LogP contribution in [0.25, 0.3) is 22.4 Å². The zero-order valence-corrected chi connectivity index (χ0v) is 22.4. The van der Waals surface area contributed by atoms with Gasteiger partial charge in [0.1, 0.15) is 22.7 Å². The lowest BCUT2D eigenvalue weighted by atomic mass is 10.1. The van der Waals surface area contributed by atoms with E-state index in [2.05, 4.69) is 15.5 Å². The van der Waals surface area contributed by atoms with E-state index in [1.165, 1.54) is 29.2 Å². The third kappa shape index (κ3) is 6.26. The summed E-state index contributed by atoms with van der Waals surface area (Å²) in [5.74, 6) is 0.910. The number of amides is 2. The fraction of sp³-hybridized carbons (Fsp3) is 0.357. The number of carbonyl (C=O) groups excluding carboxylic acids is 1. The molecule has 1 saturated heterocycles. The second-order valence-corrected chi connectivity index (χ2v) is 9.84. The van der Waals surface area contributed by atoms with Gasteiger partial charge in [0.15, 0.2) is 0 Å². The van der Waals surface area contributed by atoms with Gasteiger partial charge in [-0.1, -0.05) is 30.3 Å². The average Bonchev–Trinajstić information content (AvgIpc) is 3.21. The molecular formula is C28H26F6N6O2. The van der Waals surface area contributed by atoms with Gasteiger partial charge in [0, 0.05) is 43.9 Å². The molecule has 2 aromatic carbocycles. The third-order valence-corrected chi connectivity index (χ3v) is 6.82. The number of halogens is 6. The van der Waals surface area contributed by atoms with Crippen LogP contribution in [0.5, 0.6) is 0 Å². The summed E-state index contributed by atoms with van der Waals surface area (Å²) in [6.45, 7) is 3.22. The molecule has 1 aliphatic rings. The number of anilines is 2. The molecular weight excluding hydrogens is 566 g/mol. The summed E-state index contributed by atoms with van der Waals surface area (Å²) < 4.78 is 85.0. The minimum atomic E-state index is -4.55. The van der Waals surface area contributed by atoms with Crippen molar-refractivity contribution in [3.05, 3.63) is 65.5 Å². The van der Waals surface area contributed by atoms with Gasteiger partial charge in [0.25, 0.3) is 5.71 Å². The smallest absolute Gasteiger partial charge is 0.354 e. The maximum absolute atomic E-state index is 13.4. The molecule has 3 heterocycles. The van der Waals surface area contributed by atoms with E-state index in [4.69, 9.17) is 9.51 Å². The third-order valence-electron chi connectivity index (χ3n) is 6.82. The molecule has 0 bridgehead atoms. The van der Waals surface area contributed by atoms with Gasteiger partial charge in [0.05, 0.1) is 11.1 Å². The highest BCUT2D eigenvalue weighted by molar-refractivity contribution is 5.98. The van der Waals surface area contributed by atoms with Crippen molar-refractivity contribution in [1.82, 2.24) is 20.0 Å². The van der Waals surface area contributed by atoms with Crippen molar-refractivity contribution in [3.63, 3.8) is 0 Å². The molecule has 8 nitrogen and oxygen atoms in total. The zero-order chi connectivity index (χ0) is 30.1. The molecule has 1 aliphatic heterocycles. The monoisotopic (exact) mass is 592 g/mol. The van der Waals surface area contributed by atoms with Gasteiger partial charge in [-0.2, -0.15) is 31.3 Å². The van der Waals surface area contributed by atoms with Crippen molar-refractivity contribution < 1.29 is 35.7 Å². The predicted molar refractivity (Wildman–Crippen MR) is 143 cm³/mol. The summed E-state index contributed by atoms with van der Waals surface area (Å²) in [5.41, 5.74) is -1.19. The molecule has 0 spiro atoms. The van der Waals surface area contributed by atoms with Gasteiger partial charge in [-0.15, -0.1) is 0 Å². The number of nitrogens with zero attached hydrogens (tertiary/aromatic N) is 5. The Morgan fingerprint density at radius 1 is 0.929 bits per heavy atom. The van der Waals surface area contributed by atoms with Crippen LogP contribution < -0.4 is 10.2 Å². The van der Waals surface area contributed by atoms with E-state index in [-0.39, 0.29) is 29.2 Å². The second-order valence-electron chi connectivity index (χ2n) is 9.84. The van der Waals surface area contributed by atoms with Gasteiger partial charge < -0.3 is 19.6 Å². The first-order valence-corrected chi connectivity index (χ1v) is 13.3. The molecule has 4 aromatic rings. The lowest BCUT2D eigenvalue weighted by molar-refractivity contribution is -0.138. The molecule has 1 fully saturated rings. The Bertz CT molecular complexity index is 1590. The molecule has 0 atom stereocenters. The quantitative estimate of drug-likeness (QED) is 0.251. The van der Waals surface area contributed by atoms with Crippen LogP contribution in [0.1, 0.15) is 36.7 Å². The molecule has 1 N–H and O–H groups in total. The van der Waals surface area contributed by atoms with Crippen LogP contribution >= 0.6 is 0 Å². The molecule has 0 unspecified atom stereocenters. The van der Waals surface area contributed by atoms with E-state index in [1.807, 2.05) is 11.8 Å². The van der Waals surface area contributed by atoms with Crippen molar-refractivity contribution in [2.45, 2.75) is 38.5 Å². The van der Waals surface area contributed by atoms with Crippen LogP contribution in [0.3, 0.4) is 0 Å². The Hall–Kier alpha value is -4.36. The molecule has 0 aliphatic carbocycles. The maximum Gasteiger partial charge on any atom is 0.416 e. The predicted octanol–water partition coefficient (Wildman–Crippen LogP) is 7.02. The standard InChI is InChI=1S/C28H26F6N6O2/c1-2-6-21-36-24(22-23(38-42-25(22)37-21)17-7-3-8-18(15-17)27(29,30)31)39-11-5-12-40(14-13-39)26(41)35-20-10-4-9-19(16-20)28(32,33)34/h3-4,7-10,15-16H,2,5-6,11-14H2,1H3,(H,35,41). The number of hydrogen-bond acceptors (Lipinski definition) is 6. The summed E-state index contributed by atoms with van der Waals surface area (Å²) in [6.07, 6.45) is -7.33. The first kappa shape index (κ1) is 29.1. The Labute approximate surface area is 236 Å². The van der Waals surface area contributed by atoms with Crippen LogP contribution in [-0.2, 0) is 18.8 Å². The number of benzene rings is 2. The van der Waals surface area contributed by atoms with Gasteiger partial charge in [-0.25, -0.2) is 9.78 Å². The second kappa shape index (κ2) is 11.5. The van der Waals surface area contributed by atoms with Gasteiger partial charge in [-0.05, 0) is 43.2 Å². The van der Waals surface area contributed by atoms with E-state index in [1.54, 1.807) is 0 Å². The number of urea groups is 1. The summed E-state index contributed by atoms with van der Waals surface area (Å²) in [4.78, 5) is 25.5. The number of aromatic nitrogens is 3. The van der Waals surface area contributed by atoms with Crippen molar-refractivity contribution >= 4 is 28.6 Å². The van der Waals surface area contributed by atoms with Crippen molar-refractivity contribution in [1.29, 1.82) is 0 Å². The number of alkyl halides is 6. The van der Waals surface area contributed by atoms with E-state index in [0.717, 1.165) is 30.7 Å². The summed E-state index contributed by atoms with van der Waals surface area (Å²) in [7, 11) is 0. The Balaban J connectivity index is 1.42. The number of aryl methyl sites for hydroxylation is 1. The summed E-state index contributed by atoms with van der Waals surface area (Å²) >= 11 is 0. The highest BCUT2D eigenvalue weighted by atomic mass is 19.4. The van der Waals surface area contributed by atoms with Crippen molar-refractivity contribution in [2.75, 3.05) is 36.4 Å². The molecule has 0 radical (unpaired) electrons. The Kier molecular flexibility index (Phi) is 7.97.